The van der Waals surface area contributed by atoms with E-state index in [1.165, 1.54) is 0 Å². The molecular weight excluding hydrogens is 322 g/mol. The minimum atomic E-state index is -0.259. The van der Waals surface area contributed by atoms with E-state index in [1.807, 2.05) is 6.92 Å². The van der Waals surface area contributed by atoms with E-state index in [1.54, 1.807) is 29.1 Å². The number of hydrogen-bond donors (Lipinski definition) is 1. The third-order valence-electron chi connectivity index (χ3n) is 3.67. The lowest BCUT2D eigenvalue weighted by molar-refractivity contribution is 0.102. The van der Waals surface area contributed by atoms with E-state index < -0.39 is 0 Å². The average molecular weight is 345 g/mol. The van der Waals surface area contributed by atoms with Gasteiger partial charge in [-0.1, -0.05) is 13.8 Å². The van der Waals surface area contributed by atoms with Gasteiger partial charge in [0.25, 0.3) is 5.91 Å². The van der Waals surface area contributed by atoms with Crippen molar-refractivity contribution in [3.63, 3.8) is 0 Å². The Labute approximate surface area is 146 Å². The third kappa shape index (κ3) is 4.04. The molecule has 0 spiro atoms. The normalized spacial score (nSPS) is 12.7. The van der Waals surface area contributed by atoms with E-state index in [4.69, 9.17) is 14.2 Å². The summed E-state index contributed by atoms with van der Waals surface area (Å²) in [6, 6.07) is 5.34. The molecule has 0 atom stereocenters. The van der Waals surface area contributed by atoms with E-state index in [-0.39, 0.29) is 5.91 Å². The lowest BCUT2D eigenvalue weighted by Gasteiger charge is -2.19. The van der Waals surface area contributed by atoms with Crippen LogP contribution in [0.4, 0.5) is 5.69 Å². The first-order chi connectivity index (χ1) is 12.2. The standard InChI is InChI=1S/C18H23N3O4/c1-3-7-21-12-14(18(20-21)25-8-4-2)17(22)19-13-5-6-15-16(11-13)24-10-9-23-15/h5-6,11-12H,3-4,7-10H2,1-2H3,(H,19,22). The molecule has 7 nitrogen and oxygen atoms in total. The second-order valence-electron chi connectivity index (χ2n) is 5.77. The van der Waals surface area contributed by atoms with Crippen LogP contribution in [0.3, 0.4) is 0 Å². The summed E-state index contributed by atoms with van der Waals surface area (Å²) in [4.78, 5) is 12.7. The largest absolute Gasteiger partial charge is 0.486 e. The molecule has 2 aromatic rings. The summed E-state index contributed by atoms with van der Waals surface area (Å²) in [6.45, 7) is 6.37. The predicted molar refractivity (Wildman–Crippen MR) is 93.7 cm³/mol. The second-order valence-corrected chi connectivity index (χ2v) is 5.77. The molecule has 1 amide bonds. The number of aromatic nitrogens is 2. The summed E-state index contributed by atoms with van der Waals surface area (Å²) in [5, 5.41) is 7.23. The summed E-state index contributed by atoms with van der Waals surface area (Å²) in [7, 11) is 0. The first-order valence-corrected chi connectivity index (χ1v) is 8.62. The van der Waals surface area contributed by atoms with Gasteiger partial charge in [0.1, 0.15) is 18.8 Å². The zero-order valence-electron chi connectivity index (χ0n) is 14.6. The van der Waals surface area contributed by atoms with Crippen molar-refractivity contribution in [3.8, 4) is 17.4 Å². The van der Waals surface area contributed by atoms with Crippen LogP contribution >= 0.6 is 0 Å². The van der Waals surface area contributed by atoms with Gasteiger partial charge >= 0.3 is 0 Å². The van der Waals surface area contributed by atoms with Crippen LogP contribution in [0.15, 0.2) is 24.4 Å². The molecule has 1 N–H and O–H groups in total. The van der Waals surface area contributed by atoms with E-state index in [9.17, 15) is 4.79 Å². The van der Waals surface area contributed by atoms with Crippen LogP contribution in [-0.4, -0.2) is 35.5 Å². The smallest absolute Gasteiger partial charge is 0.262 e. The quantitative estimate of drug-likeness (QED) is 0.834. The van der Waals surface area contributed by atoms with Gasteiger partial charge in [-0.15, -0.1) is 5.10 Å². The molecule has 0 aliphatic carbocycles. The van der Waals surface area contributed by atoms with Crippen molar-refractivity contribution in [1.82, 2.24) is 9.78 Å². The molecule has 1 aromatic carbocycles. The van der Waals surface area contributed by atoms with Crippen molar-refractivity contribution >= 4 is 11.6 Å². The first-order valence-electron chi connectivity index (χ1n) is 8.62. The number of rotatable bonds is 7. The molecule has 1 aromatic heterocycles. The van der Waals surface area contributed by atoms with Gasteiger partial charge in [0.15, 0.2) is 11.5 Å². The Morgan fingerprint density at radius 2 is 2.04 bits per heavy atom. The fourth-order valence-electron chi connectivity index (χ4n) is 2.53. The summed E-state index contributed by atoms with van der Waals surface area (Å²) in [5.74, 6) is 1.43. The number of nitrogens with one attached hydrogen (secondary N) is 1. The predicted octanol–water partition coefficient (Wildman–Crippen LogP) is 3.11. The summed E-state index contributed by atoms with van der Waals surface area (Å²) < 4.78 is 18.4. The van der Waals surface area contributed by atoms with Gasteiger partial charge < -0.3 is 19.5 Å². The fourth-order valence-corrected chi connectivity index (χ4v) is 2.53. The topological polar surface area (TPSA) is 74.6 Å². The van der Waals surface area contributed by atoms with Crippen molar-refractivity contribution in [3.05, 3.63) is 30.0 Å². The van der Waals surface area contributed by atoms with Crippen LogP contribution < -0.4 is 19.5 Å². The molecule has 1 aliphatic rings. The molecule has 0 radical (unpaired) electrons. The van der Waals surface area contributed by atoms with E-state index in [0.717, 1.165) is 19.4 Å². The number of aryl methyl sites for hydroxylation is 1. The van der Waals surface area contributed by atoms with Crippen LogP contribution in [-0.2, 0) is 6.54 Å². The average Bonchev–Trinajstić information content (AvgIpc) is 3.03. The van der Waals surface area contributed by atoms with E-state index in [2.05, 4.69) is 17.3 Å². The molecule has 7 heteroatoms. The highest BCUT2D eigenvalue weighted by Gasteiger charge is 2.19. The number of carbonyl (C=O) groups is 1. The van der Waals surface area contributed by atoms with Gasteiger partial charge in [-0.25, -0.2) is 0 Å². The maximum atomic E-state index is 12.7. The van der Waals surface area contributed by atoms with Crippen molar-refractivity contribution in [2.45, 2.75) is 33.2 Å². The zero-order valence-corrected chi connectivity index (χ0v) is 14.6. The Balaban J connectivity index is 1.77. The lowest BCUT2D eigenvalue weighted by atomic mass is 10.2. The Hall–Kier alpha value is -2.70. The SMILES string of the molecule is CCCOc1nn(CCC)cc1C(=O)Nc1ccc2c(c1)OCCO2. The number of carbonyl (C=O) groups excluding carboxylic acids is 1. The Morgan fingerprint density at radius 1 is 1.24 bits per heavy atom. The number of benzene rings is 1. The highest BCUT2D eigenvalue weighted by Crippen LogP contribution is 2.33. The first kappa shape index (κ1) is 17.1. The Bertz CT molecular complexity index is 742. The molecule has 3 rings (SSSR count). The van der Waals surface area contributed by atoms with E-state index in [0.29, 0.717) is 48.5 Å². The van der Waals surface area contributed by atoms with Crippen LogP contribution in [0.1, 0.15) is 37.0 Å². The molecule has 1 aliphatic heterocycles. The van der Waals surface area contributed by atoms with Crippen LogP contribution in [0.2, 0.25) is 0 Å². The Kier molecular flexibility index (Phi) is 5.42. The van der Waals surface area contributed by atoms with E-state index >= 15 is 0 Å². The van der Waals surface area contributed by atoms with Crippen molar-refractivity contribution in [2.75, 3.05) is 25.1 Å². The zero-order chi connectivity index (χ0) is 17.6. The van der Waals surface area contributed by atoms with Gasteiger partial charge in [-0.3, -0.25) is 9.48 Å². The number of hydrogen-bond acceptors (Lipinski definition) is 5. The lowest BCUT2D eigenvalue weighted by Crippen LogP contribution is -2.16. The third-order valence-corrected chi connectivity index (χ3v) is 3.67. The monoisotopic (exact) mass is 345 g/mol. The van der Waals surface area contributed by atoms with Crippen molar-refractivity contribution in [1.29, 1.82) is 0 Å². The number of fused-ring (bicyclic) bond motifs is 1. The minimum Gasteiger partial charge on any atom is -0.486 e. The van der Waals surface area contributed by atoms with Gasteiger partial charge in [0, 0.05) is 24.5 Å². The molecule has 25 heavy (non-hydrogen) atoms. The summed E-state index contributed by atoms with van der Waals surface area (Å²) >= 11 is 0. The maximum Gasteiger partial charge on any atom is 0.262 e. The van der Waals surface area contributed by atoms with Crippen LogP contribution in [0.25, 0.3) is 0 Å². The second kappa shape index (κ2) is 7.92. The molecule has 0 fully saturated rings. The van der Waals surface area contributed by atoms with Gasteiger partial charge in [-0.05, 0) is 25.0 Å². The van der Waals surface area contributed by atoms with Gasteiger partial charge in [0.2, 0.25) is 5.88 Å². The molecule has 2 heterocycles. The molecule has 134 valence electrons. The van der Waals surface area contributed by atoms with Crippen molar-refractivity contribution in [2.24, 2.45) is 0 Å². The molecular formula is C18H23N3O4. The number of ether oxygens (including phenoxy) is 3. The molecule has 0 saturated carbocycles. The number of nitrogens with zero attached hydrogens (tertiary/aromatic N) is 2. The summed E-state index contributed by atoms with van der Waals surface area (Å²) in [5.41, 5.74) is 1.07. The van der Waals surface area contributed by atoms with Gasteiger partial charge in [-0.2, -0.15) is 0 Å². The molecule has 0 bridgehead atoms. The summed E-state index contributed by atoms with van der Waals surface area (Å²) in [6.07, 6.45) is 3.50. The fraction of sp³-hybridized carbons (Fsp3) is 0.444. The Morgan fingerprint density at radius 3 is 2.80 bits per heavy atom. The van der Waals surface area contributed by atoms with Crippen LogP contribution in [0, 0.1) is 0 Å². The molecule has 0 unspecified atom stereocenters. The van der Waals surface area contributed by atoms with Gasteiger partial charge in [0.05, 0.1) is 6.61 Å². The highest BCUT2D eigenvalue weighted by atomic mass is 16.6. The molecule has 0 saturated heterocycles. The highest BCUT2D eigenvalue weighted by molar-refractivity contribution is 6.05. The van der Waals surface area contributed by atoms with Crippen molar-refractivity contribution < 1.29 is 19.0 Å². The van der Waals surface area contributed by atoms with Crippen LogP contribution in [0.5, 0.6) is 17.4 Å². The number of amides is 1. The minimum absolute atomic E-state index is 0.259. The number of anilines is 1. The maximum absolute atomic E-state index is 12.7.